The molecule has 0 saturated heterocycles. The molecule has 1 unspecified atom stereocenters. The van der Waals surface area contributed by atoms with Crippen LogP contribution in [0.15, 0.2) is 0 Å². The topological polar surface area (TPSA) is 37.0 Å². The molecule has 0 bridgehead atoms. The minimum Gasteiger partial charge on any atom is -0.282 e. The van der Waals surface area contributed by atoms with Crippen molar-refractivity contribution in [3.63, 3.8) is 0 Å². The van der Waals surface area contributed by atoms with E-state index in [9.17, 15) is 0 Å². The highest BCUT2D eigenvalue weighted by molar-refractivity contribution is 14.2. The van der Waals surface area contributed by atoms with Gasteiger partial charge in [0.05, 0.1) is 0 Å². The van der Waals surface area contributed by atoms with Crippen molar-refractivity contribution in [3.8, 4) is 0 Å². The SMILES string of the molecule is [O][PH](=O)I. The lowest BCUT2D eigenvalue weighted by molar-refractivity contribution is 0.453. The van der Waals surface area contributed by atoms with Crippen molar-refractivity contribution in [2.45, 2.75) is 0 Å². The normalized spacial score (nSPS) is 15.5. The van der Waals surface area contributed by atoms with E-state index in [1.807, 2.05) is 0 Å². The van der Waals surface area contributed by atoms with E-state index in [0.717, 1.165) is 0 Å². The summed E-state index contributed by atoms with van der Waals surface area (Å²) in [4.78, 5) is 9.06. The van der Waals surface area contributed by atoms with Gasteiger partial charge in [-0.1, -0.05) is 0 Å². The van der Waals surface area contributed by atoms with Gasteiger partial charge in [0.2, 0.25) is 0 Å². The summed E-state index contributed by atoms with van der Waals surface area (Å²) >= 11 is 1.33. The van der Waals surface area contributed by atoms with E-state index < -0.39 is 5.67 Å². The first kappa shape index (κ1) is 4.92. The van der Waals surface area contributed by atoms with Crippen molar-refractivity contribution in [2.75, 3.05) is 0 Å². The van der Waals surface area contributed by atoms with Gasteiger partial charge >= 0.3 is 0 Å². The van der Waals surface area contributed by atoms with Crippen LogP contribution in [-0.4, -0.2) is 0 Å². The Labute approximate surface area is 37.6 Å². The third kappa shape index (κ3) is 12.7. The Morgan fingerprint density at radius 1 is 1.75 bits per heavy atom. The molecule has 0 fully saturated rings. The number of hydrogen-bond acceptors (Lipinski definition) is 1. The van der Waals surface area contributed by atoms with Gasteiger partial charge in [-0.3, -0.25) is 4.57 Å². The van der Waals surface area contributed by atoms with Crippen molar-refractivity contribution in [2.24, 2.45) is 0 Å². The molecular weight excluding hydrogens is 190 g/mol. The lowest BCUT2D eigenvalue weighted by atomic mass is 15.9. The van der Waals surface area contributed by atoms with Gasteiger partial charge in [0.15, 0.2) is 0 Å². The first-order valence-electron chi connectivity index (χ1n) is 0.597. The zero-order valence-electron chi connectivity index (χ0n) is 1.69. The molecular formula is HIO2P. The van der Waals surface area contributed by atoms with Crippen molar-refractivity contribution >= 4 is 27.7 Å². The summed E-state index contributed by atoms with van der Waals surface area (Å²) in [6.45, 7) is 0. The summed E-state index contributed by atoms with van der Waals surface area (Å²) in [6.07, 6.45) is 0. The van der Waals surface area contributed by atoms with Gasteiger partial charge in [-0.15, -0.1) is 0 Å². The molecule has 2 nitrogen and oxygen atoms in total. The smallest absolute Gasteiger partial charge is 0.279 e. The van der Waals surface area contributed by atoms with E-state index in [0.29, 0.717) is 0 Å². The van der Waals surface area contributed by atoms with E-state index in [1.165, 1.54) is 22.0 Å². The fraction of sp³-hybridized carbons (Fsp3) is 0. The average molecular weight is 191 g/mol. The van der Waals surface area contributed by atoms with E-state index >= 15 is 0 Å². The summed E-state index contributed by atoms with van der Waals surface area (Å²) in [5.74, 6) is 0. The molecule has 4 heteroatoms. The van der Waals surface area contributed by atoms with E-state index in [-0.39, 0.29) is 0 Å². The lowest BCUT2D eigenvalue weighted by Crippen LogP contribution is -1.12. The minimum atomic E-state index is -2.41. The molecule has 0 amide bonds. The van der Waals surface area contributed by atoms with Gasteiger partial charge in [-0.2, -0.15) is 4.89 Å². The number of halogens is 1. The Balaban J connectivity index is 2.80. The average Bonchev–Trinajstić information content (AvgIpc) is 0.811. The fourth-order valence-electron chi connectivity index (χ4n) is 0. The maximum Gasteiger partial charge on any atom is 0.279 e. The second-order valence-corrected chi connectivity index (χ2v) is 3.36. The standard InChI is InChI=1S/HIO2P/c1-4(2)3/h4H. The highest BCUT2D eigenvalue weighted by atomic mass is 127. The first-order valence-corrected chi connectivity index (χ1v) is 5.03. The summed E-state index contributed by atoms with van der Waals surface area (Å²) < 4.78 is 9.06. The molecule has 0 aliphatic heterocycles. The molecule has 1 radical (unpaired) electrons. The van der Waals surface area contributed by atoms with Gasteiger partial charge in [0.1, 0.15) is 0 Å². The second kappa shape index (κ2) is 2.18. The molecule has 0 heterocycles. The van der Waals surface area contributed by atoms with E-state index in [1.54, 1.807) is 0 Å². The quantitative estimate of drug-likeness (QED) is 0.419. The van der Waals surface area contributed by atoms with Gasteiger partial charge < -0.3 is 0 Å². The van der Waals surface area contributed by atoms with Crippen LogP contribution < -0.4 is 0 Å². The largest absolute Gasteiger partial charge is 0.282 e. The van der Waals surface area contributed by atoms with Gasteiger partial charge in [-0.25, -0.2) is 0 Å². The molecule has 0 aliphatic carbocycles. The van der Waals surface area contributed by atoms with E-state index in [4.69, 9.17) is 9.46 Å². The summed E-state index contributed by atoms with van der Waals surface area (Å²) in [7, 11) is 0. The zero-order valence-corrected chi connectivity index (χ0v) is 4.85. The van der Waals surface area contributed by atoms with Crippen LogP contribution >= 0.6 is 27.7 Å². The van der Waals surface area contributed by atoms with Crippen LogP contribution in [0.2, 0.25) is 0 Å². The van der Waals surface area contributed by atoms with Crippen molar-refractivity contribution in [3.05, 3.63) is 0 Å². The summed E-state index contributed by atoms with van der Waals surface area (Å²) in [5, 5.41) is 0. The highest BCUT2D eigenvalue weighted by Crippen LogP contribution is 2.24. The Morgan fingerprint density at radius 2 is 1.75 bits per heavy atom. The zero-order chi connectivity index (χ0) is 3.58. The Kier molecular flexibility index (Phi) is 2.68. The van der Waals surface area contributed by atoms with E-state index in [2.05, 4.69) is 0 Å². The van der Waals surface area contributed by atoms with Gasteiger partial charge in [0, 0.05) is 22.0 Å². The maximum atomic E-state index is 9.06. The highest BCUT2D eigenvalue weighted by Gasteiger charge is 1.68. The van der Waals surface area contributed by atoms with Crippen LogP contribution in [0.25, 0.3) is 0 Å². The molecule has 1 atom stereocenters. The van der Waals surface area contributed by atoms with Crippen LogP contribution in [0.1, 0.15) is 0 Å². The second-order valence-electron chi connectivity index (χ2n) is 0.238. The summed E-state index contributed by atoms with van der Waals surface area (Å²) in [6, 6.07) is 0. The third-order valence-corrected chi connectivity index (χ3v) is 0. The summed E-state index contributed by atoms with van der Waals surface area (Å²) in [5.41, 5.74) is -2.41. The van der Waals surface area contributed by atoms with Crippen molar-refractivity contribution < 1.29 is 9.46 Å². The molecule has 0 aliphatic rings. The van der Waals surface area contributed by atoms with Crippen molar-refractivity contribution in [1.82, 2.24) is 0 Å². The van der Waals surface area contributed by atoms with Crippen LogP contribution in [0, 0.1) is 0 Å². The Morgan fingerprint density at radius 3 is 1.75 bits per heavy atom. The molecule has 0 saturated carbocycles. The molecule has 0 spiro atoms. The maximum absolute atomic E-state index is 9.06. The molecule has 0 aromatic carbocycles. The predicted molar refractivity (Wildman–Crippen MR) is 23.7 cm³/mol. The van der Waals surface area contributed by atoms with Crippen LogP contribution in [0.4, 0.5) is 0 Å². The fourth-order valence-corrected chi connectivity index (χ4v) is 0. The molecule has 0 aromatic rings. The third-order valence-electron chi connectivity index (χ3n) is 0. The van der Waals surface area contributed by atoms with Gasteiger partial charge in [-0.05, 0) is 0 Å². The van der Waals surface area contributed by atoms with Crippen molar-refractivity contribution in [1.29, 1.82) is 0 Å². The van der Waals surface area contributed by atoms with Gasteiger partial charge in [0.25, 0.3) is 5.67 Å². The Hall–Kier alpha value is 0.920. The monoisotopic (exact) mass is 191 g/mol. The van der Waals surface area contributed by atoms with Crippen LogP contribution in [0.3, 0.4) is 0 Å². The van der Waals surface area contributed by atoms with Crippen LogP contribution in [0.5, 0.6) is 0 Å². The lowest BCUT2D eigenvalue weighted by Gasteiger charge is -1.51. The molecule has 25 valence electrons. The molecule has 0 aromatic heterocycles. The molecule has 0 N–H and O–H groups in total. The molecule has 0 rings (SSSR count). The molecule has 4 heavy (non-hydrogen) atoms. The van der Waals surface area contributed by atoms with Crippen LogP contribution in [-0.2, 0) is 9.46 Å². The minimum absolute atomic E-state index is 1.33. The number of hydrogen-bond donors (Lipinski definition) is 0. The first-order chi connectivity index (χ1) is 1.73. The predicted octanol–water partition coefficient (Wildman–Crippen LogP) is 1.24. The number of rotatable bonds is 0. The Bertz CT molecular complexity index is 29.0.